The molecular weight excluding hydrogens is 406 g/mol. The summed E-state index contributed by atoms with van der Waals surface area (Å²) in [6.45, 7) is 1.85. The maximum absolute atomic E-state index is 13.8. The molecule has 1 heterocycles. The number of amides is 2. The van der Waals surface area contributed by atoms with Crippen LogP contribution < -0.4 is 4.90 Å². The Morgan fingerprint density at radius 3 is 1.65 bits per heavy atom. The Morgan fingerprint density at radius 1 is 0.677 bits per heavy atom. The first-order valence-corrected chi connectivity index (χ1v) is 10.9. The molecule has 0 aromatic heterocycles. The standard InChI is InChI=1S/C27H22ClNO2/c1-17-22(28)13-8-14-23(17)29-26(30)24-20(18-9-4-2-5-10-18)15-16-21(25(24)27(29)31)19-11-6-3-7-12-19/h2-16,20-21,24-25H,1H3/t20-,21-,24+,25+/m0/s1. The van der Waals surface area contributed by atoms with Crippen molar-refractivity contribution in [3.63, 3.8) is 0 Å². The maximum Gasteiger partial charge on any atom is 0.238 e. The number of carbonyl (C=O) groups is 2. The van der Waals surface area contributed by atoms with Crippen LogP contribution in [0.1, 0.15) is 28.5 Å². The van der Waals surface area contributed by atoms with E-state index in [9.17, 15) is 9.59 Å². The molecule has 4 heteroatoms. The summed E-state index contributed by atoms with van der Waals surface area (Å²) in [5.41, 5.74) is 3.41. The highest BCUT2D eigenvalue weighted by Gasteiger charge is 2.55. The number of benzene rings is 3. The van der Waals surface area contributed by atoms with Crippen LogP contribution in [0.25, 0.3) is 0 Å². The first-order valence-electron chi connectivity index (χ1n) is 10.5. The third kappa shape index (κ3) is 3.21. The van der Waals surface area contributed by atoms with Gasteiger partial charge in [-0.25, -0.2) is 4.90 Å². The molecule has 3 nitrogen and oxygen atoms in total. The first-order chi connectivity index (χ1) is 15.1. The van der Waals surface area contributed by atoms with Gasteiger partial charge in [-0.3, -0.25) is 9.59 Å². The van der Waals surface area contributed by atoms with E-state index in [0.29, 0.717) is 10.7 Å². The van der Waals surface area contributed by atoms with E-state index < -0.39 is 11.8 Å². The fourth-order valence-electron chi connectivity index (χ4n) is 5.01. The molecule has 1 aliphatic carbocycles. The minimum Gasteiger partial charge on any atom is -0.274 e. The van der Waals surface area contributed by atoms with Crippen molar-refractivity contribution in [2.75, 3.05) is 4.90 Å². The van der Waals surface area contributed by atoms with Gasteiger partial charge in [0, 0.05) is 16.9 Å². The lowest BCUT2D eigenvalue weighted by molar-refractivity contribution is -0.122. The molecule has 31 heavy (non-hydrogen) atoms. The highest BCUT2D eigenvalue weighted by atomic mass is 35.5. The Bertz CT molecular complexity index is 1100. The molecule has 4 atom stereocenters. The molecule has 3 aromatic carbocycles. The van der Waals surface area contributed by atoms with Gasteiger partial charge in [0.1, 0.15) is 0 Å². The average molecular weight is 428 g/mol. The minimum atomic E-state index is -0.455. The molecule has 2 amide bonds. The molecular formula is C27H22ClNO2. The van der Waals surface area contributed by atoms with Crippen molar-refractivity contribution in [3.05, 3.63) is 113 Å². The van der Waals surface area contributed by atoms with E-state index in [1.54, 1.807) is 18.2 Å². The largest absolute Gasteiger partial charge is 0.274 e. The number of nitrogens with zero attached hydrogens (tertiary/aromatic N) is 1. The van der Waals surface area contributed by atoms with Crippen LogP contribution in [0.3, 0.4) is 0 Å². The Labute approximate surface area is 187 Å². The van der Waals surface area contributed by atoms with Gasteiger partial charge < -0.3 is 0 Å². The van der Waals surface area contributed by atoms with Crippen molar-refractivity contribution in [2.45, 2.75) is 18.8 Å². The topological polar surface area (TPSA) is 37.4 Å². The SMILES string of the molecule is Cc1c(Cl)cccc1N1C(=O)[C@H]2[C@H](C1=O)[C@H](c1ccccc1)C=C[C@H]2c1ccccc1. The molecule has 0 saturated carbocycles. The molecule has 0 spiro atoms. The van der Waals surface area contributed by atoms with Crippen LogP contribution in [-0.2, 0) is 9.59 Å². The predicted molar refractivity (Wildman–Crippen MR) is 123 cm³/mol. The molecule has 0 radical (unpaired) electrons. The molecule has 2 aliphatic rings. The fraction of sp³-hybridized carbons (Fsp3) is 0.185. The minimum absolute atomic E-state index is 0.146. The fourth-order valence-corrected chi connectivity index (χ4v) is 5.18. The van der Waals surface area contributed by atoms with Crippen LogP contribution in [0.15, 0.2) is 91.0 Å². The first kappa shape index (κ1) is 19.8. The smallest absolute Gasteiger partial charge is 0.238 e. The van der Waals surface area contributed by atoms with Gasteiger partial charge in [0.15, 0.2) is 0 Å². The van der Waals surface area contributed by atoms with E-state index >= 15 is 0 Å². The van der Waals surface area contributed by atoms with Gasteiger partial charge in [0.05, 0.1) is 17.5 Å². The van der Waals surface area contributed by atoms with Gasteiger partial charge in [-0.1, -0.05) is 90.5 Å². The van der Waals surface area contributed by atoms with Crippen LogP contribution in [0, 0.1) is 18.8 Å². The molecule has 3 aromatic rings. The van der Waals surface area contributed by atoms with Crippen molar-refractivity contribution in [1.29, 1.82) is 0 Å². The summed E-state index contributed by atoms with van der Waals surface area (Å²) in [7, 11) is 0. The number of imide groups is 1. The summed E-state index contributed by atoms with van der Waals surface area (Å²) in [4.78, 5) is 29.0. The average Bonchev–Trinajstić information content (AvgIpc) is 3.07. The van der Waals surface area contributed by atoms with Gasteiger partial charge in [0.25, 0.3) is 0 Å². The molecule has 0 N–H and O–H groups in total. The van der Waals surface area contributed by atoms with E-state index in [2.05, 4.69) is 12.2 Å². The summed E-state index contributed by atoms with van der Waals surface area (Å²) in [6.07, 6.45) is 4.21. The summed E-state index contributed by atoms with van der Waals surface area (Å²) < 4.78 is 0. The third-order valence-corrected chi connectivity index (χ3v) is 6.96. The second-order valence-corrected chi connectivity index (χ2v) is 8.61. The highest BCUT2D eigenvalue weighted by molar-refractivity contribution is 6.32. The number of fused-ring (bicyclic) bond motifs is 1. The van der Waals surface area contributed by atoms with Crippen LogP contribution in [0.4, 0.5) is 5.69 Å². The van der Waals surface area contributed by atoms with Crippen LogP contribution in [0.2, 0.25) is 5.02 Å². The third-order valence-electron chi connectivity index (χ3n) is 6.55. The van der Waals surface area contributed by atoms with E-state index in [4.69, 9.17) is 11.6 Å². The predicted octanol–water partition coefficient (Wildman–Crippen LogP) is 5.89. The summed E-state index contributed by atoms with van der Waals surface area (Å²) in [6, 6.07) is 25.3. The monoisotopic (exact) mass is 427 g/mol. The Hall–Kier alpha value is -3.17. The number of allylic oxidation sites excluding steroid dienone is 2. The van der Waals surface area contributed by atoms with Crippen molar-refractivity contribution in [2.24, 2.45) is 11.8 Å². The Kier molecular flexibility index (Phi) is 4.99. The van der Waals surface area contributed by atoms with E-state index in [1.165, 1.54) is 4.90 Å². The number of rotatable bonds is 3. The van der Waals surface area contributed by atoms with Crippen LogP contribution in [0.5, 0.6) is 0 Å². The lowest BCUT2D eigenvalue weighted by atomic mass is 9.68. The molecule has 1 aliphatic heterocycles. The molecule has 0 unspecified atom stereocenters. The quantitative estimate of drug-likeness (QED) is 0.386. The zero-order valence-electron chi connectivity index (χ0n) is 17.1. The van der Waals surface area contributed by atoms with Gasteiger partial charge in [-0.15, -0.1) is 0 Å². The van der Waals surface area contributed by atoms with Crippen molar-refractivity contribution >= 4 is 29.1 Å². The van der Waals surface area contributed by atoms with Gasteiger partial charge >= 0.3 is 0 Å². The zero-order chi connectivity index (χ0) is 21.5. The van der Waals surface area contributed by atoms with Gasteiger partial charge in [0.2, 0.25) is 11.8 Å². The molecule has 154 valence electrons. The van der Waals surface area contributed by atoms with Crippen LogP contribution >= 0.6 is 11.6 Å². The molecule has 0 bridgehead atoms. The van der Waals surface area contributed by atoms with E-state index in [-0.39, 0.29) is 23.7 Å². The normalized spacial score (nSPS) is 25.0. The van der Waals surface area contributed by atoms with Crippen molar-refractivity contribution in [3.8, 4) is 0 Å². The summed E-state index contributed by atoms with van der Waals surface area (Å²) in [5, 5.41) is 0.547. The maximum atomic E-state index is 13.8. The summed E-state index contributed by atoms with van der Waals surface area (Å²) >= 11 is 6.33. The summed E-state index contributed by atoms with van der Waals surface area (Å²) in [5.74, 6) is -1.51. The number of hydrogen-bond donors (Lipinski definition) is 0. The van der Waals surface area contributed by atoms with Crippen LogP contribution in [-0.4, -0.2) is 11.8 Å². The second-order valence-electron chi connectivity index (χ2n) is 8.21. The highest BCUT2D eigenvalue weighted by Crippen LogP contribution is 2.50. The second kappa shape index (κ2) is 7.82. The van der Waals surface area contributed by atoms with E-state index in [1.807, 2.05) is 67.6 Å². The van der Waals surface area contributed by atoms with Gasteiger partial charge in [-0.05, 0) is 35.7 Å². The van der Waals surface area contributed by atoms with Crippen molar-refractivity contribution < 1.29 is 9.59 Å². The molecule has 5 rings (SSSR count). The van der Waals surface area contributed by atoms with Crippen molar-refractivity contribution in [1.82, 2.24) is 0 Å². The van der Waals surface area contributed by atoms with Gasteiger partial charge in [-0.2, -0.15) is 0 Å². The Morgan fingerprint density at radius 2 is 1.16 bits per heavy atom. The van der Waals surface area contributed by atoms with E-state index in [0.717, 1.165) is 16.7 Å². The number of halogens is 1. The lowest BCUT2D eigenvalue weighted by Crippen LogP contribution is -2.32. The Balaban J connectivity index is 1.65. The zero-order valence-corrected chi connectivity index (χ0v) is 17.9. The molecule has 1 saturated heterocycles. The number of anilines is 1. The lowest BCUT2D eigenvalue weighted by Gasteiger charge is -2.32. The number of carbonyl (C=O) groups excluding carboxylic acids is 2. The molecule has 1 fully saturated rings. The number of hydrogen-bond acceptors (Lipinski definition) is 2.